The summed E-state index contributed by atoms with van der Waals surface area (Å²) < 4.78 is 0. The minimum Gasteiger partial charge on any atom is -0.312 e. The molecular weight excluding hydrogens is 410 g/mol. The van der Waals surface area contributed by atoms with Crippen LogP contribution >= 0.6 is 0 Å². The largest absolute Gasteiger partial charge is 0.312 e. The number of fused-ring (bicyclic) bond motifs is 5. The lowest BCUT2D eigenvalue weighted by Gasteiger charge is -2.62. The average molecular weight is 460 g/mol. The highest BCUT2D eigenvalue weighted by atomic mass is 17.2. The van der Waals surface area contributed by atoms with Crippen LogP contribution in [0.15, 0.2) is 0 Å². The number of rotatable bonds is 5. The molecule has 4 saturated carbocycles. The zero-order chi connectivity index (χ0) is 23.2. The van der Waals surface area contributed by atoms with E-state index in [9.17, 15) is 4.79 Å². The molecule has 1 heterocycles. The Bertz CT molecular complexity index is 711. The topological polar surface area (TPSA) is 38.8 Å². The molecule has 188 valence electrons. The number of nitrogens with zero attached hydrogens (tertiary/aromatic N) is 1. The lowest BCUT2D eigenvalue weighted by atomic mass is 9.42. The lowest BCUT2D eigenvalue weighted by Crippen LogP contribution is -2.55. The van der Waals surface area contributed by atoms with Crippen LogP contribution in [0.4, 0.5) is 0 Å². The van der Waals surface area contributed by atoms with Gasteiger partial charge < -0.3 is 4.90 Å². The molecule has 4 nitrogen and oxygen atoms in total. The van der Waals surface area contributed by atoms with Gasteiger partial charge >= 0.3 is 0 Å². The lowest BCUT2D eigenvalue weighted by molar-refractivity contribution is -0.369. The third kappa shape index (κ3) is 4.09. The summed E-state index contributed by atoms with van der Waals surface area (Å²) in [6.07, 6.45) is 17.3. The molecule has 0 spiro atoms. The standard InChI is InChI=1S/C29H49NO3/c1-5-21-19-23-25-13-12-22(9-8-11-27(31)30-17-18-32-33-20(30)2)28(25,3)16-14-26(23)29(4)15-7-6-10-24(21)29/h20-26H,5-19H2,1-4H3/t20?,21-,22?,23?,24?,25?,26-,28?,29?/m0/s1. The van der Waals surface area contributed by atoms with Gasteiger partial charge in [-0.05, 0) is 111 Å². The van der Waals surface area contributed by atoms with Crippen molar-refractivity contribution in [1.82, 2.24) is 4.90 Å². The van der Waals surface area contributed by atoms with Gasteiger partial charge in [0.15, 0.2) is 6.23 Å². The van der Waals surface area contributed by atoms with Crippen molar-refractivity contribution in [3.63, 3.8) is 0 Å². The summed E-state index contributed by atoms with van der Waals surface area (Å²) in [6.45, 7) is 10.9. The average Bonchev–Trinajstić information content (AvgIpc) is 3.15. The monoisotopic (exact) mass is 459 g/mol. The molecule has 0 N–H and O–H groups in total. The molecule has 33 heavy (non-hydrogen) atoms. The van der Waals surface area contributed by atoms with E-state index >= 15 is 0 Å². The summed E-state index contributed by atoms with van der Waals surface area (Å²) in [6, 6.07) is 0. The Morgan fingerprint density at radius 1 is 1.00 bits per heavy atom. The van der Waals surface area contributed by atoms with Crippen LogP contribution in [0.25, 0.3) is 0 Å². The molecule has 0 aromatic heterocycles. The van der Waals surface area contributed by atoms with Crippen LogP contribution < -0.4 is 0 Å². The van der Waals surface area contributed by atoms with E-state index in [-0.39, 0.29) is 12.1 Å². The van der Waals surface area contributed by atoms with Gasteiger partial charge in [0, 0.05) is 13.0 Å². The Morgan fingerprint density at radius 3 is 2.61 bits per heavy atom. The molecule has 4 heteroatoms. The van der Waals surface area contributed by atoms with Crippen molar-refractivity contribution in [2.75, 3.05) is 13.2 Å². The van der Waals surface area contributed by atoms with Gasteiger partial charge in [-0.1, -0.05) is 40.0 Å². The molecule has 0 aromatic rings. The minimum absolute atomic E-state index is 0.239. The normalized spacial score (nSPS) is 47.5. The van der Waals surface area contributed by atoms with E-state index in [0.717, 1.165) is 41.9 Å². The van der Waals surface area contributed by atoms with E-state index in [1.807, 2.05) is 11.8 Å². The van der Waals surface area contributed by atoms with Crippen LogP contribution in [0.1, 0.15) is 111 Å². The number of carbonyl (C=O) groups excluding carboxylic acids is 1. The number of hydrogen-bond acceptors (Lipinski definition) is 3. The van der Waals surface area contributed by atoms with E-state index in [2.05, 4.69) is 20.8 Å². The van der Waals surface area contributed by atoms with Crippen molar-refractivity contribution in [3.05, 3.63) is 0 Å². The fourth-order valence-corrected chi connectivity index (χ4v) is 10.1. The highest BCUT2D eigenvalue weighted by molar-refractivity contribution is 5.76. The summed E-state index contributed by atoms with van der Waals surface area (Å²) in [5.74, 6) is 5.89. The van der Waals surface area contributed by atoms with Crippen LogP contribution in [-0.4, -0.2) is 30.2 Å². The second-order valence-electron chi connectivity index (χ2n) is 13.0. The first-order chi connectivity index (χ1) is 15.9. The Balaban J connectivity index is 1.23. The van der Waals surface area contributed by atoms with Crippen molar-refractivity contribution < 1.29 is 14.6 Å². The zero-order valence-corrected chi connectivity index (χ0v) is 21.8. The van der Waals surface area contributed by atoms with E-state index in [4.69, 9.17) is 9.78 Å². The van der Waals surface area contributed by atoms with Crippen LogP contribution in [0.2, 0.25) is 0 Å². The fourth-order valence-electron chi connectivity index (χ4n) is 10.1. The summed E-state index contributed by atoms with van der Waals surface area (Å²) in [7, 11) is 0. The summed E-state index contributed by atoms with van der Waals surface area (Å²) >= 11 is 0. The maximum atomic E-state index is 12.8. The van der Waals surface area contributed by atoms with E-state index < -0.39 is 0 Å². The fraction of sp³-hybridized carbons (Fsp3) is 0.966. The quantitative estimate of drug-likeness (QED) is 0.416. The van der Waals surface area contributed by atoms with Gasteiger partial charge in [-0.2, -0.15) is 0 Å². The first kappa shape index (κ1) is 24.1. The van der Waals surface area contributed by atoms with Crippen molar-refractivity contribution in [3.8, 4) is 0 Å². The molecule has 5 fully saturated rings. The third-order valence-corrected chi connectivity index (χ3v) is 11.8. The highest BCUT2D eigenvalue weighted by Gasteiger charge is 2.60. The molecule has 5 rings (SSSR count). The molecule has 0 bridgehead atoms. The summed E-state index contributed by atoms with van der Waals surface area (Å²) in [5.41, 5.74) is 1.13. The van der Waals surface area contributed by atoms with E-state index in [1.54, 1.807) is 0 Å². The maximum absolute atomic E-state index is 12.8. The van der Waals surface area contributed by atoms with E-state index in [0.29, 0.717) is 30.4 Å². The Hall–Kier alpha value is -0.610. The molecular formula is C29H49NO3. The number of amides is 1. The first-order valence-electron chi connectivity index (χ1n) is 14.5. The van der Waals surface area contributed by atoms with Gasteiger partial charge in [0.1, 0.15) is 0 Å². The Kier molecular flexibility index (Phi) is 6.90. The van der Waals surface area contributed by atoms with Gasteiger partial charge in [0.2, 0.25) is 5.91 Å². The minimum atomic E-state index is -0.252. The van der Waals surface area contributed by atoms with E-state index in [1.165, 1.54) is 70.6 Å². The summed E-state index contributed by atoms with van der Waals surface area (Å²) in [4.78, 5) is 24.8. The van der Waals surface area contributed by atoms with Gasteiger partial charge in [-0.25, -0.2) is 9.78 Å². The van der Waals surface area contributed by atoms with Crippen molar-refractivity contribution in [2.45, 2.75) is 117 Å². The van der Waals surface area contributed by atoms with Crippen LogP contribution in [0, 0.1) is 46.3 Å². The second kappa shape index (κ2) is 9.45. The smallest absolute Gasteiger partial charge is 0.224 e. The molecule has 1 saturated heterocycles. The van der Waals surface area contributed by atoms with Crippen LogP contribution in [0.3, 0.4) is 0 Å². The molecule has 0 radical (unpaired) electrons. The zero-order valence-electron chi connectivity index (χ0n) is 21.8. The molecule has 4 aliphatic carbocycles. The first-order valence-corrected chi connectivity index (χ1v) is 14.5. The predicted molar refractivity (Wildman–Crippen MR) is 131 cm³/mol. The van der Waals surface area contributed by atoms with Crippen LogP contribution in [0.5, 0.6) is 0 Å². The molecule has 1 aliphatic heterocycles. The molecule has 7 unspecified atom stereocenters. The van der Waals surface area contributed by atoms with Gasteiger partial charge in [0.25, 0.3) is 0 Å². The molecule has 1 amide bonds. The second-order valence-corrected chi connectivity index (χ2v) is 13.0. The van der Waals surface area contributed by atoms with Crippen LogP contribution in [-0.2, 0) is 14.6 Å². The predicted octanol–water partition coefficient (Wildman–Crippen LogP) is 6.98. The molecule has 9 atom stereocenters. The SMILES string of the molecule is CC[C@H]1CC2C3CCC(CCCC(=O)N4CCOOC4C)C3(C)CC[C@@H]2C2(C)CCCCC12. The van der Waals surface area contributed by atoms with Gasteiger partial charge in [0.05, 0.1) is 6.61 Å². The van der Waals surface area contributed by atoms with Crippen molar-refractivity contribution in [1.29, 1.82) is 0 Å². The molecule has 5 aliphatic rings. The summed E-state index contributed by atoms with van der Waals surface area (Å²) in [5, 5.41) is 0. The van der Waals surface area contributed by atoms with Crippen molar-refractivity contribution >= 4 is 5.91 Å². The highest BCUT2D eigenvalue weighted by Crippen LogP contribution is 2.69. The van der Waals surface area contributed by atoms with Gasteiger partial charge in [-0.15, -0.1) is 0 Å². The Morgan fingerprint density at radius 2 is 1.82 bits per heavy atom. The maximum Gasteiger partial charge on any atom is 0.224 e. The Labute approximate surface area is 202 Å². The van der Waals surface area contributed by atoms with Crippen molar-refractivity contribution in [2.24, 2.45) is 46.3 Å². The number of hydrogen-bond donors (Lipinski definition) is 0. The van der Waals surface area contributed by atoms with Gasteiger partial charge in [-0.3, -0.25) is 4.79 Å². The molecule has 0 aromatic carbocycles. The number of carbonyl (C=O) groups is 1. The third-order valence-electron chi connectivity index (χ3n) is 11.8.